The summed E-state index contributed by atoms with van der Waals surface area (Å²) in [5.74, 6) is 3.70. The smallest absolute Gasteiger partial charge is 0.0176 e. The Kier molecular flexibility index (Phi) is 2.70. The molecule has 15 heavy (non-hydrogen) atoms. The second kappa shape index (κ2) is 3.62. The third kappa shape index (κ3) is 1.47. The van der Waals surface area contributed by atoms with Crippen molar-refractivity contribution >= 4 is 0 Å². The predicted molar refractivity (Wildman–Crippen MR) is 65.4 cm³/mol. The van der Waals surface area contributed by atoms with E-state index < -0.39 is 0 Å². The van der Waals surface area contributed by atoms with Gasteiger partial charge in [-0.05, 0) is 49.9 Å². The number of hydrogen-bond donors (Lipinski definition) is 1. The van der Waals surface area contributed by atoms with E-state index in [2.05, 4.69) is 34.6 Å². The van der Waals surface area contributed by atoms with Crippen LogP contribution in [0.5, 0.6) is 0 Å². The highest BCUT2D eigenvalue weighted by Crippen LogP contribution is 2.52. The number of nitrogens with two attached hydrogens (primary N) is 1. The van der Waals surface area contributed by atoms with Crippen molar-refractivity contribution in [1.82, 2.24) is 0 Å². The molecule has 0 saturated heterocycles. The molecule has 1 fully saturated rings. The van der Waals surface area contributed by atoms with Crippen LogP contribution in [0.25, 0.3) is 0 Å². The lowest BCUT2D eigenvalue weighted by atomic mass is 9.65. The van der Waals surface area contributed by atoms with Gasteiger partial charge in [0.25, 0.3) is 0 Å². The van der Waals surface area contributed by atoms with Gasteiger partial charge in [0.05, 0.1) is 0 Å². The van der Waals surface area contributed by atoms with Gasteiger partial charge < -0.3 is 5.73 Å². The fraction of sp³-hybridized carbons (Fsp3) is 0.857. The number of hydrogen-bond acceptors (Lipinski definition) is 1. The van der Waals surface area contributed by atoms with E-state index in [9.17, 15) is 0 Å². The van der Waals surface area contributed by atoms with Crippen molar-refractivity contribution in [3.63, 3.8) is 0 Å². The standard InChI is InChI=1S/C14H25N/c1-7(2)11-6-8(3)12-9(4)10(5)13(11)14(12)15/h7-8,11-14H,6,15H2,1-5H3/t8-,11+,12+,13+,14+/m1/s1. The van der Waals surface area contributed by atoms with Gasteiger partial charge in [0.2, 0.25) is 0 Å². The van der Waals surface area contributed by atoms with Gasteiger partial charge in [-0.2, -0.15) is 0 Å². The Bertz CT molecular complexity index is 290. The summed E-state index contributed by atoms with van der Waals surface area (Å²) in [6, 6.07) is 0.404. The molecule has 1 heteroatoms. The Morgan fingerprint density at radius 1 is 1.13 bits per heavy atom. The van der Waals surface area contributed by atoms with E-state index in [4.69, 9.17) is 5.73 Å². The van der Waals surface area contributed by atoms with Crippen molar-refractivity contribution in [3.05, 3.63) is 11.1 Å². The number of fused-ring (bicyclic) bond motifs is 2. The lowest BCUT2D eigenvalue weighted by Crippen LogP contribution is -2.46. The van der Waals surface area contributed by atoms with Crippen LogP contribution in [-0.2, 0) is 0 Å². The molecule has 5 atom stereocenters. The van der Waals surface area contributed by atoms with Gasteiger partial charge in [-0.1, -0.05) is 31.9 Å². The highest BCUT2D eigenvalue weighted by atomic mass is 14.7. The van der Waals surface area contributed by atoms with E-state index in [-0.39, 0.29) is 0 Å². The maximum Gasteiger partial charge on any atom is 0.0176 e. The van der Waals surface area contributed by atoms with Crippen LogP contribution in [0, 0.1) is 29.6 Å². The largest absolute Gasteiger partial charge is 0.327 e. The molecule has 0 aromatic carbocycles. The van der Waals surface area contributed by atoms with Crippen LogP contribution < -0.4 is 5.73 Å². The molecule has 0 amide bonds. The molecular weight excluding hydrogens is 182 g/mol. The minimum Gasteiger partial charge on any atom is -0.327 e. The summed E-state index contributed by atoms with van der Waals surface area (Å²) in [4.78, 5) is 0. The summed E-state index contributed by atoms with van der Waals surface area (Å²) in [5.41, 5.74) is 9.65. The minimum atomic E-state index is 0.404. The average molecular weight is 207 g/mol. The Morgan fingerprint density at radius 3 is 2.20 bits per heavy atom. The molecule has 86 valence electrons. The summed E-state index contributed by atoms with van der Waals surface area (Å²) in [5, 5.41) is 0. The van der Waals surface area contributed by atoms with Crippen LogP contribution in [0.1, 0.15) is 41.0 Å². The molecular formula is C14H25N. The molecule has 0 unspecified atom stereocenters. The molecule has 0 aromatic heterocycles. The molecule has 1 saturated carbocycles. The molecule has 1 nitrogen and oxygen atoms in total. The summed E-state index contributed by atoms with van der Waals surface area (Å²) in [7, 11) is 0. The molecule has 0 radical (unpaired) electrons. The van der Waals surface area contributed by atoms with E-state index in [0.29, 0.717) is 17.9 Å². The van der Waals surface area contributed by atoms with E-state index in [1.54, 1.807) is 11.1 Å². The third-order valence-corrected chi connectivity index (χ3v) is 5.03. The Hall–Kier alpha value is -0.300. The highest BCUT2D eigenvalue weighted by Gasteiger charge is 2.48. The van der Waals surface area contributed by atoms with Crippen molar-refractivity contribution in [2.24, 2.45) is 35.3 Å². The van der Waals surface area contributed by atoms with Crippen molar-refractivity contribution in [2.75, 3.05) is 0 Å². The van der Waals surface area contributed by atoms with Crippen LogP contribution in [0.2, 0.25) is 0 Å². The van der Waals surface area contributed by atoms with Gasteiger partial charge >= 0.3 is 0 Å². The van der Waals surface area contributed by atoms with Gasteiger partial charge in [0.15, 0.2) is 0 Å². The molecule has 2 aliphatic carbocycles. The zero-order chi connectivity index (χ0) is 11.3. The molecule has 0 aromatic rings. The van der Waals surface area contributed by atoms with Crippen LogP contribution in [0.3, 0.4) is 0 Å². The van der Waals surface area contributed by atoms with Gasteiger partial charge in [0.1, 0.15) is 0 Å². The summed E-state index contributed by atoms with van der Waals surface area (Å²) in [6.45, 7) is 11.7. The minimum absolute atomic E-state index is 0.404. The Labute approximate surface area is 94.1 Å². The summed E-state index contributed by atoms with van der Waals surface area (Å²) in [6.07, 6.45) is 1.37. The first-order valence-corrected chi connectivity index (χ1v) is 6.38. The van der Waals surface area contributed by atoms with Crippen molar-refractivity contribution in [3.8, 4) is 0 Å². The van der Waals surface area contributed by atoms with Crippen LogP contribution >= 0.6 is 0 Å². The summed E-state index contributed by atoms with van der Waals surface area (Å²) >= 11 is 0. The molecule has 2 bridgehead atoms. The molecule has 0 spiro atoms. The lowest BCUT2D eigenvalue weighted by Gasteiger charge is -2.42. The van der Waals surface area contributed by atoms with Crippen LogP contribution in [0.4, 0.5) is 0 Å². The maximum atomic E-state index is 6.44. The topological polar surface area (TPSA) is 26.0 Å². The van der Waals surface area contributed by atoms with E-state index in [1.807, 2.05) is 0 Å². The predicted octanol–water partition coefficient (Wildman–Crippen LogP) is 3.21. The monoisotopic (exact) mass is 207 g/mol. The van der Waals surface area contributed by atoms with Gasteiger partial charge in [0, 0.05) is 6.04 Å². The van der Waals surface area contributed by atoms with Crippen LogP contribution in [0.15, 0.2) is 11.1 Å². The third-order valence-electron chi connectivity index (χ3n) is 5.03. The summed E-state index contributed by atoms with van der Waals surface area (Å²) < 4.78 is 0. The van der Waals surface area contributed by atoms with Crippen LogP contribution in [-0.4, -0.2) is 6.04 Å². The lowest BCUT2D eigenvalue weighted by molar-refractivity contribution is 0.124. The van der Waals surface area contributed by atoms with E-state index in [0.717, 1.165) is 17.8 Å². The zero-order valence-electron chi connectivity index (χ0n) is 10.7. The second-order valence-corrected chi connectivity index (χ2v) is 6.12. The normalized spacial score (nSPS) is 45.4. The first-order chi connectivity index (χ1) is 6.95. The van der Waals surface area contributed by atoms with Crippen molar-refractivity contribution < 1.29 is 0 Å². The quantitative estimate of drug-likeness (QED) is 0.656. The first kappa shape index (κ1) is 11.2. The van der Waals surface area contributed by atoms with Gasteiger partial charge in [-0.15, -0.1) is 0 Å². The van der Waals surface area contributed by atoms with E-state index >= 15 is 0 Å². The van der Waals surface area contributed by atoms with Gasteiger partial charge in [-0.25, -0.2) is 0 Å². The van der Waals surface area contributed by atoms with Crippen molar-refractivity contribution in [1.29, 1.82) is 0 Å². The second-order valence-electron chi connectivity index (χ2n) is 6.12. The number of rotatable bonds is 1. The average Bonchev–Trinajstić information content (AvgIpc) is 2.28. The van der Waals surface area contributed by atoms with Crippen molar-refractivity contribution in [2.45, 2.75) is 47.1 Å². The SMILES string of the molecule is CC1=C(C)[C@H]2[C@H](N)[C@@H]1[C@H](C(C)C)C[C@H]2C. The fourth-order valence-electron chi connectivity index (χ4n) is 4.15. The zero-order valence-corrected chi connectivity index (χ0v) is 10.7. The molecule has 2 aliphatic rings. The van der Waals surface area contributed by atoms with Gasteiger partial charge in [-0.3, -0.25) is 0 Å². The Balaban J connectivity index is 2.37. The molecule has 0 heterocycles. The molecule has 0 aliphatic heterocycles. The fourth-order valence-corrected chi connectivity index (χ4v) is 4.15. The maximum absolute atomic E-state index is 6.44. The van der Waals surface area contributed by atoms with E-state index in [1.165, 1.54) is 6.42 Å². The molecule has 2 N–H and O–H groups in total. The molecule has 2 rings (SSSR count). The Morgan fingerprint density at radius 2 is 1.67 bits per heavy atom. The highest BCUT2D eigenvalue weighted by molar-refractivity contribution is 5.30. The first-order valence-electron chi connectivity index (χ1n) is 6.38.